The van der Waals surface area contributed by atoms with Gasteiger partial charge in [-0.15, -0.1) is 0 Å². The highest BCUT2D eigenvalue weighted by molar-refractivity contribution is 5.75. The maximum absolute atomic E-state index is 11.0. The van der Waals surface area contributed by atoms with Crippen LogP contribution in [0.4, 0.5) is 11.8 Å². The minimum atomic E-state index is -0.262. The topological polar surface area (TPSA) is 97.0 Å². The molecule has 1 fully saturated rings. The van der Waals surface area contributed by atoms with Crippen LogP contribution in [0, 0.1) is 0 Å². The van der Waals surface area contributed by atoms with Gasteiger partial charge in [0.2, 0.25) is 11.9 Å². The van der Waals surface area contributed by atoms with Crippen LogP contribution in [0.1, 0.15) is 24.3 Å². The maximum Gasteiger partial charge on any atom is 0.231 e. The minimum Gasteiger partial charge on any atom is -0.369 e. The standard InChI is InChI=1S/C16H20N6O/c17-14(23)11-22-8-3-12(4-9-22)13-2-7-18-15(10-13)21-16-19-5-1-6-20-16/h1-2,5-7,10,12H,3-4,8-9,11H2,(H2,17,23)(H,18,19,20,21). The number of nitrogens with one attached hydrogen (secondary N) is 1. The third-order valence-corrected chi connectivity index (χ3v) is 4.03. The van der Waals surface area contributed by atoms with Crippen LogP contribution in [0.2, 0.25) is 0 Å². The molecule has 0 saturated carbocycles. The number of pyridine rings is 1. The zero-order valence-corrected chi connectivity index (χ0v) is 12.9. The summed E-state index contributed by atoms with van der Waals surface area (Å²) in [6.45, 7) is 2.13. The van der Waals surface area contributed by atoms with Crippen LogP contribution in [-0.2, 0) is 4.79 Å². The van der Waals surface area contributed by atoms with Gasteiger partial charge in [-0.1, -0.05) is 0 Å². The molecule has 3 N–H and O–H groups in total. The summed E-state index contributed by atoms with van der Waals surface area (Å²) in [6.07, 6.45) is 7.20. The van der Waals surface area contributed by atoms with Crippen molar-refractivity contribution in [2.45, 2.75) is 18.8 Å². The molecule has 0 bridgehead atoms. The van der Waals surface area contributed by atoms with E-state index < -0.39 is 0 Å². The Bertz CT molecular complexity index is 655. The molecule has 1 aliphatic heterocycles. The van der Waals surface area contributed by atoms with Gasteiger partial charge in [-0.25, -0.2) is 15.0 Å². The van der Waals surface area contributed by atoms with E-state index >= 15 is 0 Å². The summed E-state index contributed by atoms with van der Waals surface area (Å²) in [5, 5.41) is 3.11. The van der Waals surface area contributed by atoms with Crippen molar-refractivity contribution in [3.8, 4) is 0 Å². The molecule has 0 atom stereocenters. The van der Waals surface area contributed by atoms with Crippen molar-refractivity contribution in [3.63, 3.8) is 0 Å². The van der Waals surface area contributed by atoms with E-state index in [0.717, 1.165) is 31.7 Å². The van der Waals surface area contributed by atoms with Gasteiger partial charge in [0.25, 0.3) is 0 Å². The molecule has 120 valence electrons. The number of hydrogen-bond donors (Lipinski definition) is 2. The molecule has 0 spiro atoms. The highest BCUT2D eigenvalue weighted by Gasteiger charge is 2.21. The molecule has 3 heterocycles. The molecule has 23 heavy (non-hydrogen) atoms. The van der Waals surface area contributed by atoms with Crippen molar-refractivity contribution in [1.29, 1.82) is 0 Å². The summed E-state index contributed by atoms with van der Waals surface area (Å²) in [7, 11) is 0. The zero-order valence-electron chi connectivity index (χ0n) is 12.9. The summed E-state index contributed by atoms with van der Waals surface area (Å²) < 4.78 is 0. The molecule has 3 rings (SSSR count). The number of nitrogens with two attached hydrogens (primary N) is 1. The molecule has 0 radical (unpaired) electrons. The molecule has 7 nitrogen and oxygen atoms in total. The first kappa shape index (κ1) is 15.4. The highest BCUT2D eigenvalue weighted by Crippen LogP contribution is 2.29. The molecule has 0 unspecified atom stereocenters. The number of amides is 1. The number of rotatable bonds is 5. The Kier molecular flexibility index (Phi) is 4.77. The van der Waals surface area contributed by atoms with Gasteiger partial charge < -0.3 is 11.1 Å². The van der Waals surface area contributed by atoms with Crippen molar-refractivity contribution in [2.75, 3.05) is 25.0 Å². The van der Waals surface area contributed by atoms with Crippen LogP contribution in [0.5, 0.6) is 0 Å². The van der Waals surface area contributed by atoms with E-state index in [0.29, 0.717) is 18.4 Å². The summed E-state index contributed by atoms with van der Waals surface area (Å²) in [5.41, 5.74) is 6.50. The van der Waals surface area contributed by atoms with Crippen molar-refractivity contribution in [2.24, 2.45) is 5.73 Å². The number of primary amides is 1. The lowest BCUT2D eigenvalue weighted by atomic mass is 9.90. The first-order chi connectivity index (χ1) is 11.2. The van der Waals surface area contributed by atoms with Crippen LogP contribution < -0.4 is 11.1 Å². The number of aromatic nitrogens is 3. The molecule has 2 aromatic rings. The first-order valence-electron chi connectivity index (χ1n) is 7.71. The van der Waals surface area contributed by atoms with Crippen molar-refractivity contribution < 1.29 is 4.79 Å². The summed E-state index contributed by atoms with van der Waals surface area (Å²) in [4.78, 5) is 25.7. The largest absolute Gasteiger partial charge is 0.369 e. The monoisotopic (exact) mass is 312 g/mol. The lowest BCUT2D eigenvalue weighted by molar-refractivity contribution is -0.119. The van der Waals surface area contributed by atoms with Gasteiger partial charge in [-0.3, -0.25) is 9.69 Å². The number of carbonyl (C=O) groups is 1. The average Bonchev–Trinajstić information content (AvgIpc) is 2.56. The second kappa shape index (κ2) is 7.15. The van der Waals surface area contributed by atoms with Gasteiger partial charge in [0.15, 0.2) is 0 Å². The van der Waals surface area contributed by atoms with E-state index in [-0.39, 0.29) is 5.91 Å². The van der Waals surface area contributed by atoms with Gasteiger partial charge in [0.05, 0.1) is 6.54 Å². The van der Waals surface area contributed by atoms with Crippen LogP contribution in [0.15, 0.2) is 36.8 Å². The van der Waals surface area contributed by atoms with Gasteiger partial charge in [-0.2, -0.15) is 0 Å². The molecule has 0 aliphatic carbocycles. The highest BCUT2D eigenvalue weighted by atomic mass is 16.1. The SMILES string of the molecule is NC(=O)CN1CCC(c2ccnc(Nc3ncccn3)c2)CC1. The third kappa shape index (κ3) is 4.23. The average molecular weight is 312 g/mol. The summed E-state index contributed by atoms with van der Waals surface area (Å²) in [5.74, 6) is 1.49. The predicted molar refractivity (Wildman–Crippen MR) is 87.2 cm³/mol. The van der Waals surface area contributed by atoms with Gasteiger partial charge in [0, 0.05) is 18.6 Å². The molecular formula is C16H20N6O. The summed E-state index contributed by atoms with van der Waals surface area (Å²) in [6, 6.07) is 5.87. The zero-order chi connectivity index (χ0) is 16.1. The number of likely N-dealkylation sites (tertiary alicyclic amines) is 1. The maximum atomic E-state index is 11.0. The normalized spacial score (nSPS) is 16.2. The molecule has 1 saturated heterocycles. The van der Waals surface area contributed by atoms with Crippen LogP contribution >= 0.6 is 0 Å². The summed E-state index contributed by atoms with van der Waals surface area (Å²) >= 11 is 0. The number of nitrogens with zero attached hydrogens (tertiary/aromatic N) is 4. The second-order valence-electron chi connectivity index (χ2n) is 5.69. The quantitative estimate of drug-likeness (QED) is 0.863. The van der Waals surface area contributed by atoms with E-state index in [1.54, 1.807) is 24.7 Å². The van der Waals surface area contributed by atoms with Crippen molar-refractivity contribution >= 4 is 17.7 Å². The van der Waals surface area contributed by atoms with Crippen molar-refractivity contribution in [1.82, 2.24) is 19.9 Å². The molecule has 0 aromatic carbocycles. The van der Waals surface area contributed by atoms with Gasteiger partial charge >= 0.3 is 0 Å². The molecule has 1 aliphatic rings. The third-order valence-electron chi connectivity index (χ3n) is 4.03. The Morgan fingerprint density at radius 1 is 1.22 bits per heavy atom. The van der Waals surface area contributed by atoms with Crippen LogP contribution in [0.3, 0.4) is 0 Å². The Balaban J connectivity index is 1.63. The molecule has 1 amide bonds. The van der Waals surface area contributed by atoms with Crippen molar-refractivity contribution in [3.05, 3.63) is 42.4 Å². The van der Waals surface area contributed by atoms with Gasteiger partial charge in [0.1, 0.15) is 5.82 Å². The molecular weight excluding hydrogens is 292 g/mol. The number of hydrogen-bond acceptors (Lipinski definition) is 6. The first-order valence-corrected chi connectivity index (χ1v) is 7.71. The Morgan fingerprint density at radius 3 is 2.65 bits per heavy atom. The predicted octanol–water partition coefficient (Wildman–Crippen LogP) is 1.28. The fourth-order valence-corrected chi connectivity index (χ4v) is 2.89. The smallest absolute Gasteiger partial charge is 0.231 e. The lowest BCUT2D eigenvalue weighted by Gasteiger charge is -2.31. The number of piperidine rings is 1. The molecule has 7 heteroatoms. The number of anilines is 2. The second-order valence-corrected chi connectivity index (χ2v) is 5.69. The van der Waals surface area contributed by atoms with Crippen LogP contribution in [0.25, 0.3) is 0 Å². The molecule has 2 aromatic heterocycles. The Morgan fingerprint density at radius 2 is 1.96 bits per heavy atom. The van der Waals surface area contributed by atoms with E-state index in [1.807, 2.05) is 12.1 Å². The van der Waals surface area contributed by atoms with E-state index in [9.17, 15) is 4.79 Å². The fraction of sp³-hybridized carbons (Fsp3) is 0.375. The van der Waals surface area contributed by atoms with Crippen LogP contribution in [-0.4, -0.2) is 45.4 Å². The number of carbonyl (C=O) groups excluding carboxylic acids is 1. The fourth-order valence-electron chi connectivity index (χ4n) is 2.89. The van der Waals surface area contributed by atoms with Gasteiger partial charge in [-0.05, 0) is 55.6 Å². The van der Waals surface area contributed by atoms with E-state index in [2.05, 4.69) is 25.2 Å². The lowest BCUT2D eigenvalue weighted by Crippen LogP contribution is -2.39. The van der Waals surface area contributed by atoms with E-state index in [4.69, 9.17) is 5.73 Å². The minimum absolute atomic E-state index is 0.262. The Labute approximate surface area is 135 Å². The Hall–Kier alpha value is -2.54. The van der Waals surface area contributed by atoms with E-state index in [1.165, 1.54) is 5.56 Å².